The van der Waals surface area contributed by atoms with Gasteiger partial charge in [0.1, 0.15) is 0 Å². The van der Waals surface area contributed by atoms with Gasteiger partial charge >= 0.3 is 0 Å². The molecular formula is C9H4Br2O2. The van der Waals surface area contributed by atoms with Crippen molar-refractivity contribution in [2.24, 2.45) is 0 Å². The van der Waals surface area contributed by atoms with Crippen LogP contribution in [0.2, 0.25) is 0 Å². The van der Waals surface area contributed by atoms with Crippen molar-refractivity contribution in [3.05, 3.63) is 37.4 Å². The molecule has 0 aliphatic carbocycles. The van der Waals surface area contributed by atoms with Gasteiger partial charge in [-0.15, -0.1) is 0 Å². The highest BCUT2D eigenvalue weighted by Crippen LogP contribution is 2.40. The van der Waals surface area contributed by atoms with E-state index in [0.717, 1.165) is 14.5 Å². The van der Waals surface area contributed by atoms with E-state index in [0.29, 0.717) is 5.56 Å². The molecule has 0 atom stereocenters. The first-order chi connectivity index (χ1) is 6.13. The second-order valence-corrected chi connectivity index (χ2v) is 4.36. The molecule has 0 heterocycles. The number of halogens is 2. The fourth-order valence-electron chi connectivity index (χ4n) is 1.13. The van der Waals surface area contributed by atoms with Crippen molar-refractivity contribution in [1.29, 1.82) is 0 Å². The highest BCUT2D eigenvalue weighted by atomic mass is 79.9. The summed E-state index contributed by atoms with van der Waals surface area (Å²) in [5, 5.41) is 9.09. The summed E-state index contributed by atoms with van der Waals surface area (Å²) < 4.78 is 1.60. The lowest BCUT2D eigenvalue weighted by molar-refractivity contribution is 0.489. The van der Waals surface area contributed by atoms with Crippen molar-refractivity contribution >= 4 is 31.9 Å². The molecule has 4 heteroatoms. The molecule has 0 spiro atoms. The third-order valence-electron chi connectivity index (χ3n) is 1.83. The zero-order valence-corrected chi connectivity index (χ0v) is 9.52. The Morgan fingerprint density at radius 1 is 1.08 bits per heavy atom. The molecule has 0 fully saturated rings. The molecule has 1 N–H and O–H groups in total. The highest BCUT2D eigenvalue weighted by molar-refractivity contribution is 9.11. The highest BCUT2D eigenvalue weighted by Gasteiger charge is 2.26. The van der Waals surface area contributed by atoms with Gasteiger partial charge in [-0.05, 0) is 12.1 Å². The maximum Gasteiger partial charge on any atom is 0.232 e. The molecule has 66 valence electrons. The molecule has 0 unspecified atom stereocenters. The molecule has 0 bridgehead atoms. The Morgan fingerprint density at radius 3 is 1.92 bits per heavy atom. The van der Waals surface area contributed by atoms with Gasteiger partial charge in [0.05, 0.1) is 5.56 Å². The zero-order valence-electron chi connectivity index (χ0n) is 6.34. The molecule has 2 aromatic carbocycles. The molecule has 0 radical (unpaired) electrons. The summed E-state index contributed by atoms with van der Waals surface area (Å²) in [7, 11) is 0. The van der Waals surface area contributed by atoms with Gasteiger partial charge in [-0.3, -0.25) is 4.79 Å². The summed E-state index contributed by atoms with van der Waals surface area (Å²) in [5.41, 5.74) is 0.858. The predicted octanol–water partition coefficient (Wildman–Crippen LogP) is 2.82. The third kappa shape index (κ3) is 1.34. The van der Waals surface area contributed by atoms with Crippen molar-refractivity contribution in [1.82, 2.24) is 0 Å². The van der Waals surface area contributed by atoms with Gasteiger partial charge in [-0.1, -0.05) is 37.9 Å². The van der Waals surface area contributed by atoms with Gasteiger partial charge in [-0.25, -0.2) is 0 Å². The number of rotatable bonds is 1. The van der Waals surface area contributed by atoms with Gasteiger partial charge in [-0.2, -0.15) is 0 Å². The summed E-state index contributed by atoms with van der Waals surface area (Å²) in [6, 6.07) is 5.50. The van der Waals surface area contributed by atoms with Crippen LogP contribution in [0.5, 0.6) is 5.75 Å². The topological polar surface area (TPSA) is 37.3 Å². The molecule has 0 aromatic heterocycles. The van der Waals surface area contributed by atoms with E-state index in [4.69, 9.17) is 5.11 Å². The summed E-state index contributed by atoms with van der Waals surface area (Å²) in [6.45, 7) is 0. The fourth-order valence-corrected chi connectivity index (χ4v) is 2.52. The second kappa shape index (κ2) is 2.96. The van der Waals surface area contributed by atoms with Crippen LogP contribution in [-0.4, -0.2) is 5.11 Å². The van der Waals surface area contributed by atoms with Crippen LogP contribution in [0.4, 0.5) is 0 Å². The fraction of sp³-hybridized carbons (Fsp3) is 0. The van der Waals surface area contributed by atoms with Gasteiger partial charge in [0.25, 0.3) is 0 Å². The monoisotopic (exact) mass is 302 g/mol. The van der Waals surface area contributed by atoms with Crippen LogP contribution < -0.4 is 5.43 Å². The summed E-state index contributed by atoms with van der Waals surface area (Å²) in [5.74, 6) is -0.132. The molecule has 0 aliphatic rings. The van der Waals surface area contributed by atoms with Gasteiger partial charge in [0, 0.05) is 14.5 Å². The molecule has 13 heavy (non-hydrogen) atoms. The Morgan fingerprint density at radius 2 is 1.54 bits per heavy atom. The Bertz CT molecular complexity index is 461. The van der Waals surface area contributed by atoms with Crippen molar-refractivity contribution in [2.75, 3.05) is 0 Å². The van der Waals surface area contributed by atoms with E-state index >= 15 is 0 Å². The molecule has 0 saturated carbocycles. The first-order valence-corrected chi connectivity index (χ1v) is 5.14. The Labute approximate surface area is 91.1 Å². The van der Waals surface area contributed by atoms with E-state index in [1.54, 1.807) is 0 Å². The van der Waals surface area contributed by atoms with Crippen LogP contribution in [0.25, 0.3) is 11.1 Å². The SMILES string of the molecule is O=c1c(O)c1-c1c(Br)cccc1Br. The van der Waals surface area contributed by atoms with Crippen molar-refractivity contribution in [2.45, 2.75) is 0 Å². The van der Waals surface area contributed by atoms with Crippen molar-refractivity contribution in [3.63, 3.8) is 0 Å². The summed E-state index contributed by atoms with van der Waals surface area (Å²) >= 11 is 6.63. The van der Waals surface area contributed by atoms with Crippen LogP contribution in [0, 0.1) is 0 Å². The van der Waals surface area contributed by atoms with E-state index in [1.165, 1.54) is 0 Å². The van der Waals surface area contributed by atoms with Crippen molar-refractivity contribution < 1.29 is 5.11 Å². The standard InChI is InChI=1S/C9H4Br2O2/c10-4-2-1-3-5(11)6(4)7-8(12)9(7)13/h1-3,12H. The van der Waals surface area contributed by atoms with E-state index in [9.17, 15) is 4.79 Å². The number of hydrogen-bond donors (Lipinski definition) is 1. The molecule has 2 nitrogen and oxygen atoms in total. The van der Waals surface area contributed by atoms with E-state index in [2.05, 4.69) is 31.9 Å². The first kappa shape index (κ1) is 8.97. The lowest BCUT2D eigenvalue weighted by Gasteiger charge is -1.99. The average molecular weight is 304 g/mol. The minimum absolute atomic E-state index is 0.132. The largest absolute Gasteiger partial charge is 0.504 e. The van der Waals surface area contributed by atoms with E-state index in [-0.39, 0.29) is 11.2 Å². The molecule has 0 amide bonds. The Kier molecular flexibility index (Phi) is 2.04. The van der Waals surface area contributed by atoms with Gasteiger partial charge < -0.3 is 5.11 Å². The maximum atomic E-state index is 11.0. The van der Waals surface area contributed by atoms with E-state index < -0.39 is 0 Å². The minimum Gasteiger partial charge on any atom is -0.504 e. The summed E-state index contributed by atoms with van der Waals surface area (Å²) in [4.78, 5) is 11.0. The lowest BCUT2D eigenvalue weighted by Crippen LogP contribution is -1.80. The Hall–Kier alpha value is -0.610. The molecular weight excluding hydrogens is 300 g/mol. The smallest absolute Gasteiger partial charge is 0.232 e. The quantitative estimate of drug-likeness (QED) is 0.879. The van der Waals surface area contributed by atoms with Gasteiger partial charge in [0.2, 0.25) is 5.43 Å². The maximum absolute atomic E-state index is 11.0. The normalized spacial score (nSPS) is 10.9. The van der Waals surface area contributed by atoms with Gasteiger partial charge in [0.15, 0.2) is 5.75 Å². The van der Waals surface area contributed by atoms with Crippen LogP contribution >= 0.6 is 31.9 Å². The van der Waals surface area contributed by atoms with Crippen LogP contribution in [0.15, 0.2) is 31.9 Å². The average Bonchev–Trinajstić information content (AvgIpc) is 2.62. The number of benzene rings is 1. The van der Waals surface area contributed by atoms with Crippen molar-refractivity contribution in [3.8, 4) is 16.9 Å². The van der Waals surface area contributed by atoms with Crippen LogP contribution in [0.1, 0.15) is 0 Å². The second-order valence-electron chi connectivity index (χ2n) is 2.65. The number of aromatic hydroxyl groups is 1. The predicted molar refractivity (Wildman–Crippen MR) is 57.6 cm³/mol. The first-order valence-electron chi connectivity index (χ1n) is 3.55. The van der Waals surface area contributed by atoms with Crippen LogP contribution in [-0.2, 0) is 0 Å². The minimum atomic E-state index is -0.271. The molecule has 0 saturated heterocycles. The molecule has 2 aromatic rings. The van der Waals surface area contributed by atoms with E-state index in [1.807, 2.05) is 18.2 Å². The Balaban J connectivity index is 2.65. The number of hydrogen-bond acceptors (Lipinski definition) is 2. The summed E-state index contributed by atoms with van der Waals surface area (Å²) in [6.07, 6.45) is 0. The third-order valence-corrected chi connectivity index (χ3v) is 3.15. The molecule has 2 rings (SSSR count). The van der Waals surface area contributed by atoms with Crippen LogP contribution in [0.3, 0.4) is 0 Å². The zero-order chi connectivity index (χ0) is 9.59. The lowest BCUT2D eigenvalue weighted by atomic mass is 10.2. The molecule has 0 aliphatic heterocycles.